The second-order valence-electron chi connectivity index (χ2n) is 8.57. The van der Waals surface area contributed by atoms with Crippen LogP contribution in [-0.4, -0.2) is 41.8 Å². The average molecular weight is 512 g/mol. The van der Waals surface area contributed by atoms with E-state index in [1.165, 1.54) is 21.3 Å². The number of hydrogen-bond donors (Lipinski definition) is 1. The van der Waals surface area contributed by atoms with Gasteiger partial charge in [-0.05, 0) is 48.7 Å². The van der Waals surface area contributed by atoms with Gasteiger partial charge in [-0.3, -0.25) is 4.79 Å². The molecule has 36 heavy (non-hydrogen) atoms. The number of ether oxygens (including phenoxy) is 4. The number of cyclic esters (lactones) is 1. The molecule has 0 radical (unpaired) electrons. The van der Waals surface area contributed by atoms with Gasteiger partial charge in [-0.1, -0.05) is 48.0 Å². The summed E-state index contributed by atoms with van der Waals surface area (Å²) < 4.78 is 51.4. The summed E-state index contributed by atoms with van der Waals surface area (Å²) in [5.41, 5.74) is 2.35. The highest BCUT2D eigenvalue weighted by atomic mass is 32.2. The van der Waals surface area contributed by atoms with Crippen LogP contribution in [0.4, 0.5) is 0 Å². The second-order valence-corrected chi connectivity index (χ2v) is 10.3. The Morgan fingerprint density at radius 2 is 1.50 bits per heavy atom. The van der Waals surface area contributed by atoms with Crippen LogP contribution in [0.3, 0.4) is 0 Å². The lowest BCUT2D eigenvalue weighted by Crippen LogP contribution is -2.42. The molecular weight excluding hydrogens is 482 g/mol. The van der Waals surface area contributed by atoms with Crippen LogP contribution >= 0.6 is 0 Å². The summed E-state index contributed by atoms with van der Waals surface area (Å²) in [4.78, 5) is 13.2. The minimum atomic E-state index is -3.94. The molecule has 1 heterocycles. The molecule has 3 atom stereocenters. The summed E-state index contributed by atoms with van der Waals surface area (Å²) >= 11 is 0. The first-order valence-corrected chi connectivity index (χ1v) is 12.9. The van der Waals surface area contributed by atoms with E-state index in [-0.39, 0.29) is 11.3 Å². The Bertz CT molecular complexity index is 1300. The maximum absolute atomic E-state index is 13.3. The molecule has 9 heteroatoms. The molecule has 3 aromatic carbocycles. The molecule has 1 N–H and O–H groups in total. The third-order valence-electron chi connectivity index (χ3n) is 6.24. The first-order valence-electron chi connectivity index (χ1n) is 11.4. The van der Waals surface area contributed by atoms with E-state index in [9.17, 15) is 13.2 Å². The minimum Gasteiger partial charge on any atom is -0.493 e. The standard InChI is InChI=1S/C27H29NO7S/c1-17-10-12-20(13-11-17)36(30,31)28-24-21(27(29)35-25(24)19-8-6-5-7-9-19)14-18-15-22(32-2)26(34-4)23(16-18)33-3/h5-13,15-16,21,24-25,28H,14H2,1-4H3/t21-,24-,25+/m0/s1. The van der Waals surface area contributed by atoms with Gasteiger partial charge in [0.1, 0.15) is 6.10 Å². The zero-order chi connectivity index (χ0) is 25.9. The van der Waals surface area contributed by atoms with Gasteiger partial charge >= 0.3 is 5.97 Å². The van der Waals surface area contributed by atoms with Gasteiger partial charge in [-0.25, -0.2) is 13.1 Å². The normalized spacial score (nSPS) is 19.6. The van der Waals surface area contributed by atoms with Crippen molar-refractivity contribution in [3.05, 3.63) is 83.4 Å². The van der Waals surface area contributed by atoms with Gasteiger partial charge in [0.2, 0.25) is 15.8 Å². The van der Waals surface area contributed by atoms with Gasteiger partial charge < -0.3 is 18.9 Å². The van der Waals surface area contributed by atoms with Crippen molar-refractivity contribution in [3.8, 4) is 17.2 Å². The van der Waals surface area contributed by atoms with Crippen molar-refractivity contribution in [2.24, 2.45) is 5.92 Å². The predicted octanol–water partition coefficient (Wildman–Crippen LogP) is 3.82. The van der Waals surface area contributed by atoms with Crippen molar-refractivity contribution in [1.29, 1.82) is 0 Å². The topological polar surface area (TPSA) is 100 Å². The van der Waals surface area contributed by atoms with E-state index in [2.05, 4.69) is 4.72 Å². The molecular formula is C27H29NO7S. The fourth-order valence-corrected chi connectivity index (χ4v) is 5.66. The van der Waals surface area contributed by atoms with Crippen molar-refractivity contribution < 1.29 is 32.2 Å². The number of rotatable bonds is 9. The summed E-state index contributed by atoms with van der Waals surface area (Å²) in [6, 6.07) is 18.3. The van der Waals surface area contributed by atoms with Crippen molar-refractivity contribution in [3.63, 3.8) is 0 Å². The number of nitrogens with one attached hydrogen (secondary N) is 1. The molecule has 1 aliphatic heterocycles. The van der Waals surface area contributed by atoms with Crippen LogP contribution in [0.5, 0.6) is 17.2 Å². The molecule has 1 saturated heterocycles. The largest absolute Gasteiger partial charge is 0.493 e. The number of carbonyl (C=O) groups excluding carboxylic acids is 1. The van der Waals surface area contributed by atoms with Crippen LogP contribution < -0.4 is 18.9 Å². The van der Waals surface area contributed by atoms with Crippen molar-refractivity contribution in [2.45, 2.75) is 30.4 Å². The van der Waals surface area contributed by atoms with Gasteiger partial charge in [0.05, 0.1) is 38.2 Å². The van der Waals surface area contributed by atoms with Gasteiger partial charge in [0.25, 0.3) is 0 Å². The fourth-order valence-electron chi connectivity index (χ4n) is 4.39. The summed E-state index contributed by atoms with van der Waals surface area (Å²) in [5, 5.41) is 0. The van der Waals surface area contributed by atoms with Gasteiger partial charge in [-0.2, -0.15) is 0 Å². The number of carbonyl (C=O) groups is 1. The number of hydrogen-bond acceptors (Lipinski definition) is 7. The summed E-state index contributed by atoms with van der Waals surface area (Å²) in [7, 11) is 0.588. The van der Waals surface area contributed by atoms with E-state index in [0.717, 1.165) is 5.56 Å². The van der Waals surface area contributed by atoms with Crippen LogP contribution in [0.1, 0.15) is 22.8 Å². The van der Waals surface area contributed by atoms with Gasteiger partial charge in [-0.15, -0.1) is 0 Å². The molecule has 8 nitrogen and oxygen atoms in total. The van der Waals surface area contributed by atoms with E-state index in [4.69, 9.17) is 18.9 Å². The van der Waals surface area contributed by atoms with Crippen molar-refractivity contribution >= 4 is 16.0 Å². The van der Waals surface area contributed by atoms with Gasteiger partial charge in [0, 0.05) is 0 Å². The van der Waals surface area contributed by atoms with Crippen molar-refractivity contribution in [1.82, 2.24) is 4.72 Å². The Morgan fingerprint density at radius 3 is 2.06 bits per heavy atom. The Morgan fingerprint density at radius 1 is 0.889 bits per heavy atom. The maximum Gasteiger partial charge on any atom is 0.311 e. The first-order chi connectivity index (χ1) is 17.3. The molecule has 3 aromatic rings. The Hall–Kier alpha value is -3.56. The van der Waals surface area contributed by atoms with Crippen LogP contribution in [0.25, 0.3) is 0 Å². The first kappa shape index (κ1) is 25.5. The Kier molecular flexibility index (Phi) is 7.51. The predicted molar refractivity (Wildman–Crippen MR) is 134 cm³/mol. The third-order valence-corrected chi connectivity index (χ3v) is 7.71. The van der Waals surface area contributed by atoms with Crippen molar-refractivity contribution in [2.75, 3.05) is 21.3 Å². The van der Waals surface area contributed by atoms with Crippen LogP contribution in [-0.2, 0) is 26.0 Å². The summed E-state index contributed by atoms with van der Waals surface area (Å²) in [5.74, 6) is 0.0215. The highest BCUT2D eigenvalue weighted by Gasteiger charge is 2.47. The Labute approximate surface area is 211 Å². The monoisotopic (exact) mass is 511 g/mol. The lowest BCUT2D eigenvalue weighted by molar-refractivity contribution is -0.144. The molecule has 0 amide bonds. The Balaban J connectivity index is 1.72. The quantitative estimate of drug-likeness (QED) is 0.436. The molecule has 1 fully saturated rings. The van der Waals surface area contributed by atoms with E-state index in [1.807, 2.05) is 37.3 Å². The maximum atomic E-state index is 13.3. The molecule has 0 bridgehead atoms. The molecule has 0 unspecified atom stereocenters. The second kappa shape index (κ2) is 10.6. The molecule has 0 aliphatic carbocycles. The van der Waals surface area contributed by atoms with Crippen LogP contribution in [0.15, 0.2) is 71.6 Å². The van der Waals surface area contributed by atoms with E-state index in [1.54, 1.807) is 36.4 Å². The smallest absolute Gasteiger partial charge is 0.311 e. The summed E-state index contributed by atoms with van der Waals surface area (Å²) in [6.45, 7) is 1.88. The number of sulfonamides is 1. The number of aryl methyl sites for hydroxylation is 1. The highest BCUT2D eigenvalue weighted by Crippen LogP contribution is 2.41. The van der Waals surface area contributed by atoms with Crippen LogP contribution in [0, 0.1) is 12.8 Å². The molecule has 4 rings (SSSR count). The van der Waals surface area contributed by atoms with E-state index >= 15 is 0 Å². The molecule has 1 aliphatic rings. The molecule has 0 aromatic heterocycles. The van der Waals surface area contributed by atoms with Crippen LogP contribution in [0.2, 0.25) is 0 Å². The molecule has 190 valence electrons. The zero-order valence-electron chi connectivity index (χ0n) is 20.6. The number of benzene rings is 3. The van der Waals surface area contributed by atoms with E-state index < -0.39 is 34.1 Å². The van der Waals surface area contributed by atoms with E-state index in [0.29, 0.717) is 28.4 Å². The number of esters is 1. The lowest BCUT2D eigenvalue weighted by atomic mass is 9.89. The lowest BCUT2D eigenvalue weighted by Gasteiger charge is -2.23. The summed E-state index contributed by atoms with van der Waals surface area (Å²) in [6.07, 6.45) is -0.592. The average Bonchev–Trinajstić information content (AvgIpc) is 3.18. The zero-order valence-corrected chi connectivity index (χ0v) is 21.4. The molecule has 0 saturated carbocycles. The third kappa shape index (κ3) is 5.17. The number of methoxy groups -OCH3 is 3. The SMILES string of the molecule is COc1cc(C[C@@H]2C(=O)O[C@H](c3ccccc3)[C@H]2NS(=O)(=O)c2ccc(C)cc2)cc(OC)c1OC. The van der Waals surface area contributed by atoms with Gasteiger partial charge in [0.15, 0.2) is 11.5 Å². The molecule has 0 spiro atoms. The fraction of sp³-hybridized carbons (Fsp3) is 0.296. The highest BCUT2D eigenvalue weighted by molar-refractivity contribution is 7.89. The minimum absolute atomic E-state index is 0.116.